The molecular formula is C14H19NO3. The van der Waals surface area contributed by atoms with Crippen LogP contribution in [0.5, 0.6) is 0 Å². The lowest BCUT2D eigenvalue weighted by atomic mass is 10.1. The zero-order valence-electron chi connectivity index (χ0n) is 11.0. The summed E-state index contributed by atoms with van der Waals surface area (Å²) in [5.74, 6) is 0. The number of aliphatic hydroxyl groups excluding tert-OH is 1. The zero-order chi connectivity index (χ0) is 13.3. The molecule has 0 unspecified atom stereocenters. The number of carbonyl (C=O) groups excluding carboxylic acids is 1. The highest BCUT2D eigenvalue weighted by Crippen LogP contribution is 2.33. The number of rotatable bonds is 1. The standard InChI is InChI=1S/C14H19NO3/c1-14(2,3)18-13(17)15-11(9-16)8-10-6-4-5-7-12(10)15/h4-7,11,16H,8-9H2,1-3H3/t11-/m1/s1. The van der Waals surface area contributed by atoms with Crippen molar-refractivity contribution in [3.05, 3.63) is 29.8 Å². The molecule has 0 radical (unpaired) electrons. The summed E-state index contributed by atoms with van der Waals surface area (Å²) in [5, 5.41) is 9.41. The molecule has 18 heavy (non-hydrogen) atoms. The largest absolute Gasteiger partial charge is 0.443 e. The van der Waals surface area contributed by atoms with Gasteiger partial charge in [-0.05, 0) is 38.8 Å². The summed E-state index contributed by atoms with van der Waals surface area (Å²) in [6.45, 7) is 5.44. The molecule has 1 aromatic carbocycles. The molecule has 1 aromatic rings. The number of amides is 1. The molecule has 0 spiro atoms. The topological polar surface area (TPSA) is 49.8 Å². The van der Waals surface area contributed by atoms with Crippen molar-refractivity contribution in [2.45, 2.75) is 38.8 Å². The van der Waals surface area contributed by atoms with Crippen molar-refractivity contribution >= 4 is 11.8 Å². The molecule has 2 rings (SSSR count). The number of carbonyl (C=O) groups is 1. The van der Waals surface area contributed by atoms with Crippen LogP contribution in [-0.2, 0) is 11.2 Å². The summed E-state index contributed by atoms with van der Waals surface area (Å²) in [7, 11) is 0. The molecule has 4 nitrogen and oxygen atoms in total. The Balaban J connectivity index is 2.27. The molecule has 0 aliphatic carbocycles. The molecular weight excluding hydrogens is 230 g/mol. The second-order valence-corrected chi connectivity index (χ2v) is 5.52. The fourth-order valence-electron chi connectivity index (χ4n) is 2.17. The average Bonchev–Trinajstić information content (AvgIpc) is 2.64. The molecule has 0 fully saturated rings. The maximum atomic E-state index is 12.2. The number of hydrogen-bond acceptors (Lipinski definition) is 3. The van der Waals surface area contributed by atoms with Gasteiger partial charge in [-0.1, -0.05) is 18.2 Å². The van der Waals surface area contributed by atoms with E-state index in [9.17, 15) is 9.90 Å². The van der Waals surface area contributed by atoms with Gasteiger partial charge < -0.3 is 9.84 Å². The first-order valence-electron chi connectivity index (χ1n) is 6.13. The Kier molecular flexibility index (Phi) is 3.30. The first-order chi connectivity index (χ1) is 8.42. The smallest absolute Gasteiger partial charge is 0.415 e. The van der Waals surface area contributed by atoms with E-state index >= 15 is 0 Å². The summed E-state index contributed by atoms with van der Waals surface area (Å²) < 4.78 is 5.39. The van der Waals surface area contributed by atoms with Crippen molar-refractivity contribution in [1.82, 2.24) is 0 Å². The van der Waals surface area contributed by atoms with Gasteiger partial charge in [-0.2, -0.15) is 0 Å². The van der Waals surface area contributed by atoms with Crippen LogP contribution in [0.1, 0.15) is 26.3 Å². The van der Waals surface area contributed by atoms with Crippen molar-refractivity contribution in [3.8, 4) is 0 Å². The lowest BCUT2D eigenvalue weighted by molar-refractivity contribution is 0.0557. The van der Waals surface area contributed by atoms with Crippen molar-refractivity contribution in [2.75, 3.05) is 11.5 Å². The van der Waals surface area contributed by atoms with Gasteiger partial charge >= 0.3 is 6.09 Å². The van der Waals surface area contributed by atoms with Crippen LogP contribution in [0, 0.1) is 0 Å². The van der Waals surface area contributed by atoms with Gasteiger partial charge in [0.05, 0.1) is 18.3 Å². The average molecular weight is 249 g/mol. The van der Waals surface area contributed by atoms with Crippen molar-refractivity contribution in [3.63, 3.8) is 0 Å². The summed E-state index contributed by atoms with van der Waals surface area (Å²) in [5.41, 5.74) is 1.38. The molecule has 98 valence electrons. The highest BCUT2D eigenvalue weighted by atomic mass is 16.6. The number of ether oxygens (including phenoxy) is 1. The quantitative estimate of drug-likeness (QED) is 0.831. The highest BCUT2D eigenvalue weighted by molar-refractivity contribution is 5.91. The monoisotopic (exact) mass is 249 g/mol. The molecule has 0 saturated carbocycles. The van der Waals surface area contributed by atoms with Gasteiger partial charge in [-0.3, -0.25) is 4.90 Å². The van der Waals surface area contributed by atoms with Crippen LogP contribution in [0.15, 0.2) is 24.3 Å². The third-order valence-electron chi connectivity index (χ3n) is 2.87. The SMILES string of the molecule is CC(C)(C)OC(=O)N1c2ccccc2C[C@@H]1CO. The lowest BCUT2D eigenvalue weighted by Gasteiger charge is -2.28. The number of fused-ring (bicyclic) bond motifs is 1. The third kappa shape index (κ3) is 2.48. The molecule has 1 aliphatic rings. The number of aliphatic hydroxyl groups is 1. The highest BCUT2D eigenvalue weighted by Gasteiger charge is 2.35. The zero-order valence-corrected chi connectivity index (χ0v) is 11.0. The summed E-state index contributed by atoms with van der Waals surface area (Å²) >= 11 is 0. The Bertz CT molecular complexity index is 451. The maximum Gasteiger partial charge on any atom is 0.415 e. The van der Waals surface area contributed by atoms with Gasteiger partial charge in [0.1, 0.15) is 5.60 Å². The normalized spacial score (nSPS) is 18.7. The van der Waals surface area contributed by atoms with Crippen LogP contribution in [0.2, 0.25) is 0 Å². The van der Waals surface area contributed by atoms with E-state index in [1.807, 2.05) is 45.0 Å². The minimum atomic E-state index is -0.533. The van der Waals surface area contributed by atoms with Crippen molar-refractivity contribution < 1.29 is 14.6 Å². The Morgan fingerprint density at radius 2 is 2.11 bits per heavy atom. The van der Waals surface area contributed by atoms with Gasteiger partial charge in [0.15, 0.2) is 0 Å². The fourth-order valence-corrected chi connectivity index (χ4v) is 2.17. The molecule has 0 bridgehead atoms. The minimum Gasteiger partial charge on any atom is -0.443 e. The van der Waals surface area contributed by atoms with Gasteiger partial charge in [0.2, 0.25) is 0 Å². The molecule has 4 heteroatoms. The predicted octanol–water partition coefficient (Wildman–Crippen LogP) is 2.35. The molecule has 1 aliphatic heterocycles. The molecule has 1 atom stereocenters. The fraction of sp³-hybridized carbons (Fsp3) is 0.500. The summed E-state index contributed by atoms with van der Waals surface area (Å²) in [6.07, 6.45) is 0.276. The predicted molar refractivity (Wildman–Crippen MR) is 69.7 cm³/mol. The molecule has 1 N–H and O–H groups in total. The van der Waals surface area contributed by atoms with Gasteiger partial charge in [-0.25, -0.2) is 4.79 Å². The van der Waals surface area contributed by atoms with E-state index in [0.29, 0.717) is 6.42 Å². The van der Waals surface area contributed by atoms with E-state index in [0.717, 1.165) is 11.3 Å². The molecule has 1 heterocycles. The molecule has 1 amide bonds. The van der Waals surface area contributed by atoms with Crippen LogP contribution in [-0.4, -0.2) is 29.4 Å². The van der Waals surface area contributed by atoms with Gasteiger partial charge in [0, 0.05) is 0 Å². The lowest BCUT2D eigenvalue weighted by Crippen LogP contribution is -2.43. The maximum absolute atomic E-state index is 12.2. The first-order valence-corrected chi connectivity index (χ1v) is 6.13. The number of para-hydroxylation sites is 1. The van der Waals surface area contributed by atoms with Crippen LogP contribution < -0.4 is 4.90 Å². The Morgan fingerprint density at radius 3 is 2.72 bits per heavy atom. The number of hydrogen-bond donors (Lipinski definition) is 1. The van der Waals surface area contributed by atoms with E-state index in [1.54, 1.807) is 4.90 Å². The summed E-state index contributed by atoms with van der Waals surface area (Å²) in [4.78, 5) is 13.7. The van der Waals surface area contributed by atoms with Crippen LogP contribution >= 0.6 is 0 Å². The van der Waals surface area contributed by atoms with Crippen LogP contribution in [0.25, 0.3) is 0 Å². The first kappa shape index (κ1) is 12.9. The Hall–Kier alpha value is -1.55. The molecule has 0 aromatic heterocycles. The van der Waals surface area contributed by atoms with Crippen LogP contribution in [0.4, 0.5) is 10.5 Å². The van der Waals surface area contributed by atoms with E-state index in [-0.39, 0.29) is 12.6 Å². The van der Waals surface area contributed by atoms with Gasteiger partial charge in [0.25, 0.3) is 0 Å². The Morgan fingerprint density at radius 1 is 1.44 bits per heavy atom. The number of nitrogens with zero attached hydrogens (tertiary/aromatic N) is 1. The van der Waals surface area contributed by atoms with Crippen molar-refractivity contribution in [1.29, 1.82) is 0 Å². The van der Waals surface area contributed by atoms with E-state index in [4.69, 9.17) is 4.74 Å². The van der Waals surface area contributed by atoms with E-state index in [1.165, 1.54) is 0 Å². The third-order valence-corrected chi connectivity index (χ3v) is 2.87. The second-order valence-electron chi connectivity index (χ2n) is 5.52. The molecule has 0 saturated heterocycles. The minimum absolute atomic E-state index is 0.0616. The Labute approximate surface area is 107 Å². The number of benzene rings is 1. The van der Waals surface area contributed by atoms with Crippen LogP contribution in [0.3, 0.4) is 0 Å². The van der Waals surface area contributed by atoms with Crippen molar-refractivity contribution in [2.24, 2.45) is 0 Å². The summed E-state index contributed by atoms with van der Waals surface area (Å²) in [6, 6.07) is 7.45. The van der Waals surface area contributed by atoms with Gasteiger partial charge in [-0.15, -0.1) is 0 Å². The second kappa shape index (κ2) is 4.61. The number of anilines is 1. The van der Waals surface area contributed by atoms with E-state index < -0.39 is 11.7 Å². The van der Waals surface area contributed by atoms with E-state index in [2.05, 4.69) is 0 Å².